The third-order valence-corrected chi connectivity index (χ3v) is 5.05. The van der Waals surface area contributed by atoms with Gasteiger partial charge in [-0.1, -0.05) is 11.6 Å². The van der Waals surface area contributed by atoms with Crippen molar-refractivity contribution in [3.8, 4) is 5.75 Å². The minimum atomic E-state index is -0.0962. The Morgan fingerprint density at radius 2 is 2.17 bits per heavy atom. The quantitative estimate of drug-likeness (QED) is 0.885. The number of carbonyl (C=O) groups is 1. The number of ether oxygens (including phenoxy) is 2. The standard InChI is InChI=1S/C18H25ClN2O3/c1-23-17-11-13(19)4-5-16(17)18(22)20-14-6-8-21(9-7-14)12-15-3-2-10-24-15/h4-5,11,14-15H,2-3,6-10,12H2,1H3,(H,20,22)/t15-/m0/s1. The highest BCUT2D eigenvalue weighted by molar-refractivity contribution is 6.30. The van der Waals surface area contributed by atoms with Crippen molar-refractivity contribution in [3.05, 3.63) is 28.8 Å². The van der Waals surface area contributed by atoms with Crippen LogP contribution in [0.3, 0.4) is 0 Å². The lowest BCUT2D eigenvalue weighted by Crippen LogP contribution is -2.46. The molecule has 1 atom stereocenters. The summed E-state index contributed by atoms with van der Waals surface area (Å²) in [6, 6.07) is 5.30. The number of halogens is 1. The Labute approximate surface area is 148 Å². The SMILES string of the molecule is COc1cc(Cl)ccc1C(=O)NC1CCN(C[C@@H]2CCCO2)CC1. The molecule has 0 spiro atoms. The van der Waals surface area contributed by atoms with E-state index in [1.165, 1.54) is 12.8 Å². The molecule has 0 radical (unpaired) electrons. The third kappa shape index (κ3) is 4.41. The topological polar surface area (TPSA) is 50.8 Å². The lowest BCUT2D eigenvalue weighted by molar-refractivity contribution is 0.0612. The van der Waals surface area contributed by atoms with E-state index < -0.39 is 0 Å². The Balaban J connectivity index is 1.49. The first-order valence-electron chi connectivity index (χ1n) is 8.64. The van der Waals surface area contributed by atoms with Crippen LogP contribution in [0.5, 0.6) is 5.75 Å². The molecule has 2 saturated heterocycles. The van der Waals surface area contributed by atoms with E-state index in [9.17, 15) is 4.79 Å². The Bertz CT molecular complexity index is 567. The fourth-order valence-electron chi connectivity index (χ4n) is 3.45. The number of amides is 1. The average molecular weight is 353 g/mol. The largest absolute Gasteiger partial charge is 0.496 e. The zero-order valence-electron chi connectivity index (χ0n) is 14.1. The highest BCUT2D eigenvalue weighted by Gasteiger charge is 2.25. The van der Waals surface area contributed by atoms with Crippen LogP contribution in [-0.2, 0) is 4.74 Å². The van der Waals surface area contributed by atoms with Crippen molar-refractivity contribution in [1.82, 2.24) is 10.2 Å². The molecule has 0 aliphatic carbocycles. The average Bonchev–Trinajstić information content (AvgIpc) is 3.09. The maximum atomic E-state index is 12.5. The number of carbonyl (C=O) groups excluding carboxylic acids is 1. The van der Waals surface area contributed by atoms with Crippen LogP contribution >= 0.6 is 11.6 Å². The van der Waals surface area contributed by atoms with Crippen molar-refractivity contribution in [2.75, 3.05) is 33.4 Å². The summed E-state index contributed by atoms with van der Waals surface area (Å²) in [7, 11) is 1.55. The summed E-state index contributed by atoms with van der Waals surface area (Å²) in [6.07, 6.45) is 4.69. The molecule has 0 saturated carbocycles. The molecule has 2 aliphatic heterocycles. The fraction of sp³-hybridized carbons (Fsp3) is 0.611. The highest BCUT2D eigenvalue weighted by atomic mass is 35.5. The van der Waals surface area contributed by atoms with Crippen LogP contribution in [0.25, 0.3) is 0 Å². The molecule has 2 fully saturated rings. The maximum absolute atomic E-state index is 12.5. The lowest BCUT2D eigenvalue weighted by Gasteiger charge is -2.33. The first-order chi connectivity index (χ1) is 11.7. The molecule has 3 rings (SSSR count). The van der Waals surface area contributed by atoms with Crippen molar-refractivity contribution >= 4 is 17.5 Å². The smallest absolute Gasteiger partial charge is 0.255 e. The third-order valence-electron chi connectivity index (χ3n) is 4.82. The van der Waals surface area contributed by atoms with Crippen LogP contribution in [0.1, 0.15) is 36.0 Å². The summed E-state index contributed by atoms with van der Waals surface area (Å²) in [5, 5.41) is 3.68. The van der Waals surface area contributed by atoms with Gasteiger partial charge in [0.2, 0.25) is 0 Å². The van der Waals surface area contributed by atoms with Crippen molar-refractivity contribution in [2.24, 2.45) is 0 Å². The first-order valence-corrected chi connectivity index (χ1v) is 9.02. The number of hydrogen-bond acceptors (Lipinski definition) is 4. The van der Waals surface area contributed by atoms with Gasteiger partial charge in [0.25, 0.3) is 5.91 Å². The summed E-state index contributed by atoms with van der Waals surface area (Å²) in [5.41, 5.74) is 0.531. The van der Waals surface area contributed by atoms with Gasteiger partial charge in [-0.25, -0.2) is 0 Å². The van der Waals surface area contributed by atoms with Gasteiger partial charge in [-0.2, -0.15) is 0 Å². The molecule has 1 amide bonds. The van der Waals surface area contributed by atoms with Gasteiger partial charge < -0.3 is 19.7 Å². The van der Waals surface area contributed by atoms with Crippen molar-refractivity contribution in [3.63, 3.8) is 0 Å². The van der Waals surface area contributed by atoms with Gasteiger partial charge in [-0.3, -0.25) is 4.79 Å². The van der Waals surface area contributed by atoms with Gasteiger partial charge in [0.15, 0.2) is 0 Å². The van der Waals surface area contributed by atoms with E-state index in [-0.39, 0.29) is 11.9 Å². The van der Waals surface area contributed by atoms with Crippen molar-refractivity contribution < 1.29 is 14.3 Å². The number of piperidine rings is 1. The number of nitrogens with one attached hydrogen (secondary N) is 1. The second kappa shape index (κ2) is 8.19. The number of methoxy groups -OCH3 is 1. The number of benzene rings is 1. The molecular formula is C18H25ClN2O3. The molecule has 0 aromatic heterocycles. The zero-order chi connectivity index (χ0) is 16.9. The van der Waals surface area contributed by atoms with Crippen LogP contribution in [-0.4, -0.2) is 56.3 Å². The fourth-order valence-corrected chi connectivity index (χ4v) is 3.61. The summed E-state index contributed by atoms with van der Waals surface area (Å²) < 4.78 is 11.0. The molecule has 0 bridgehead atoms. The van der Waals surface area contributed by atoms with Gasteiger partial charge in [-0.05, 0) is 43.9 Å². The van der Waals surface area contributed by atoms with Crippen molar-refractivity contribution in [2.45, 2.75) is 37.8 Å². The Morgan fingerprint density at radius 3 is 2.83 bits per heavy atom. The summed E-state index contributed by atoms with van der Waals surface area (Å²) in [5.74, 6) is 0.414. The van der Waals surface area contributed by atoms with Crippen LogP contribution in [0.15, 0.2) is 18.2 Å². The predicted octanol–water partition coefficient (Wildman–Crippen LogP) is 2.72. The highest BCUT2D eigenvalue weighted by Crippen LogP contribution is 2.24. The van der Waals surface area contributed by atoms with Gasteiger partial charge >= 0.3 is 0 Å². The van der Waals surface area contributed by atoms with Crippen LogP contribution in [0, 0.1) is 0 Å². The molecule has 1 aromatic rings. The molecule has 2 aliphatic rings. The minimum Gasteiger partial charge on any atom is -0.496 e. The maximum Gasteiger partial charge on any atom is 0.255 e. The molecule has 6 heteroatoms. The van der Waals surface area contributed by atoms with Crippen LogP contribution in [0.2, 0.25) is 5.02 Å². The monoisotopic (exact) mass is 352 g/mol. The summed E-state index contributed by atoms with van der Waals surface area (Å²) >= 11 is 5.95. The Hall–Kier alpha value is -1.30. The van der Waals surface area contributed by atoms with E-state index in [0.717, 1.165) is 39.1 Å². The van der Waals surface area contributed by atoms with E-state index in [1.807, 2.05) is 0 Å². The predicted molar refractivity (Wildman–Crippen MR) is 93.9 cm³/mol. The first kappa shape index (κ1) is 17.5. The molecule has 2 heterocycles. The normalized spacial score (nSPS) is 22.5. The summed E-state index contributed by atoms with van der Waals surface area (Å²) in [6.45, 7) is 3.93. The van der Waals surface area contributed by atoms with Gasteiger partial charge in [0.1, 0.15) is 5.75 Å². The number of likely N-dealkylation sites (tertiary alicyclic amines) is 1. The molecule has 132 valence electrons. The minimum absolute atomic E-state index is 0.0962. The molecule has 1 aromatic carbocycles. The lowest BCUT2D eigenvalue weighted by atomic mass is 10.0. The van der Waals surface area contributed by atoms with Crippen LogP contribution < -0.4 is 10.1 Å². The van der Waals surface area contributed by atoms with Gasteiger partial charge in [-0.15, -0.1) is 0 Å². The molecule has 0 unspecified atom stereocenters. The van der Waals surface area contributed by atoms with Crippen molar-refractivity contribution in [1.29, 1.82) is 0 Å². The van der Waals surface area contributed by atoms with E-state index in [4.69, 9.17) is 21.1 Å². The molecule has 24 heavy (non-hydrogen) atoms. The van der Waals surface area contributed by atoms with E-state index in [0.29, 0.717) is 22.4 Å². The number of rotatable bonds is 5. The molecular weight excluding hydrogens is 328 g/mol. The van der Waals surface area contributed by atoms with Gasteiger partial charge in [0, 0.05) is 37.3 Å². The van der Waals surface area contributed by atoms with Gasteiger partial charge in [0.05, 0.1) is 18.8 Å². The molecule has 1 N–H and O–H groups in total. The van der Waals surface area contributed by atoms with Crippen LogP contribution in [0.4, 0.5) is 0 Å². The zero-order valence-corrected chi connectivity index (χ0v) is 14.8. The Kier molecular flexibility index (Phi) is 5.98. The molecule has 5 nitrogen and oxygen atoms in total. The summed E-state index contributed by atoms with van der Waals surface area (Å²) in [4.78, 5) is 14.9. The second-order valence-corrected chi connectivity index (χ2v) is 6.96. The van der Waals surface area contributed by atoms with E-state index >= 15 is 0 Å². The Morgan fingerprint density at radius 1 is 1.38 bits per heavy atom. The second-order valence-electron chi connectivity index (χ2n) is 6.53. The van der Waals surface area contributed by atoms with E-state index in [1.54, 1.807) is 25.3 Å². The van der Waals surface area contributed by atoms with E-state index in [2.05, 4.69) is 10.2 Å². The number of hydrogen-bond donors (Lipinski definition) is 1. The number of nitrogens with zero attached hydrogens (tertiary/aromatic N) is 1.